The van der Waals surface area contributed by atoms with Gasteiger partial charge in [-0.3, -0.25) is 4.79 Å². The van der Waals surface area contributed by atoms with Crippen LogP contribution in [-0.2, 0) is 4.74 Å². The first-order chi connectivity index (χ1) is 11.0. The summed E-state index contributed by atoms with van der Waals surface area (Å²) in [5.41, 5.74) is 0.564. The number of aromatic amines is 2. The van der Waals surface area contributed by atoms with Crippen molar-refractivity contribution in [2.45, 2.75) is 6.92 Å². The predicted molar refractivity (Wildman–Crippen MR) is 88.0 cm³/mol. The van der Waals surface area contributed by atoms with Crippen molar-refractivity contribution in [2.24, 2.45) is 0 Å². The van der Waals surface area contributed by atoms with Crippen molar-refractivity contribution in [3.8, 4) is 11.4 Å². The third-order valence-electron chi connectivity index (χ3n) is 3.39. The summed E-state index contributed by atoms with van der Waals surface area (Å²) in [4.78, 5) is 30.9. The quantitative estimate of drug-likeness (QED) is 0.683. The molecule has 7 heteroatoms. The van der Waals surface area contributed by atoms with Crippen molar-refractivity contribution < 1.29 is 13.9 Å². The zero-order valence-electron chi connectivity index (χ0n) is 12.1. The summed E-state index contributed by atoms with van der Waals surface area (Å²) in [6.45, 7) is 1.79. The maximum atomic E-state index is 13.8. The van der Waals surface area contributed by atoms with E-state index in [2.05, 4.69) is 25.9 Å². The van der Waals surface area contributed by atoms with Crippen LogP contribution in [0.25, 0.3) is 22.3 Å². The first-order valence-corrected chi connectivity index (χ1v) is 7.68. The molecule has 0 aliphatic heterocycles. The lowest BCUT2D eigenvalue weighted by Gasteiger charge is -2.10. The Morgan fingerprint density at radius 3 is 2.83 bits per heavy atom. The zero-order valence-corrected chi connectivity index (χ0v) is 13.7. The lowest BCUT2D eigenvalue weighted by atomic mass is 10.1. The van der Waals surface area contributed by atoms with Crippen LogP contribution in [0.2, 0.25) is 0 Å². The van der Waals surface area contributed by atoms with Crippen molar-refractivity contribution in [1.82, 2.24) is 9.97 Å². The smallest absolute Gasteiger partial charge is 0.344 e. The Hall–Kier alpha value is -2.41. The van der Waals surface area contributed by atoms with Gasteiger partial charge in [0.15, 0.2) is 0 Å². The number of nitrogens with one attached hydrogen (secondary N) is 2. The van der Waals surface area contributed by atoms with Crippen molar-refractivity contribution >= 4 is 32.8 Å². The number of carbonyl (C=O) groups is 1. The third-order valence-corrected chi connectivity index (χ3v) is 4.00. The van der Waals surface area contributed by atoms with Gasteiger partial charge in [0.2, 0.25) is 5.43 Å². The normalized spacial score (nSPS) is 10.9. The summed E-state index contributed by atoms with van der Waals surface area (Å²) in [6.07, 6.45) is 1.67. The number of H-pyrrole nitrogens is 2. The molecule has 3 rings (SSSR count). The molecule has 118 valence electrons. The molecule has 1 aromatic carbocycles. The fraction of sp³-hybridized carbons (Fsp3) is 0.125. The van der Waals surface area contributed by atoms with E-state index in [1.54, 1.807) is 25.3 Å². The number of rotatable bonds is 3. The van der Waals surface area contributed by atoms with Crippen LogP contribution >= 0.6 is 15.9 Å². The van der Waals surface area contributed by atoms with E-state index in [1.165, 1.54) is 6.07 Å². The minimum Gasteiger partial charge on any atom is -0.462 e. The monoisotopic (exact) mass is 378 g/mol. The Morgan fingerprint density at radius 1 is 1.39 bits per heavy atom. The highest BCUT2D eigenvalue weighted by atomic mass is 79.9. The average Bonchev–Trinajstić information content (AvgIpc) is 3.03. The Balaban J connectivity index is 2.39. The number of ether oxygens (including phenoxy) is 1. The van der Waals surface area contributed by atoms with Gasteiger partial charge < -0.3 is 14.7 Å². The molecule has 0 radical (unpaired) electrons. The predicted octanol–water partition coefficient (Wildman–Crippen LogP) is 3.60. The molecule has 2 aromatic heterocycles. The number of carbonyl (C=O) groups excluding carboxylic acids is 1. The molecular weight excluding hydrogens is 367 g/mol. The minimum absolute atomic E-state index is 0.0871. The van der Waals surface area contributed by atoms with Crippen LogP contribution in [0.4, 0.5) is 4.39 Å². The van der Waals surface area contributed by atoms with E-state index in [-0.39, 0.29) is 22.0 Å². The summed E-state index contributed by atoms with van der Waals surface area (Å²) >= 11 is 3.09. The summed E-state index contributed by atoms with van der Waals surface area (Å²) in [7, 11) is 0. The molecule has 0 unspecified atom stereocenters. The van der Waals surface area contributed by atoms with Crippen LogP contribution in [0.3, 0.4) is 0 Å². The highest BCUT2D eigenvalue weighted by Crippen LogP contribution is 2.25. The number of benzene rings is 1. The number of halogens is 2. The average molecular weight is 379 g/mol. The molecule has 0 saturated heterocycles. The van der Waals surface area contributed by atoms with E-state index >= 15 is 0 Å². The molecule has 2 heterocycles. The Labute approximate surface area is 138 Å². The van der Waals surface area contributed by atoms with E-state index in [4.69, 9.17) is 4.74 Å². The molecule has 3 aromatic rings. The number of pyridine rings is 1. The summed E-state index contributed by atoms with van der Waals surface area (Å²) < 4.78 is 19.0. The highest BCUT2D eigenvalue weighted by Gasteiger charge is 2.22. The number of esters is 1. The molecular formula is C16H12BrFN2O3. The van der Waals surface area contributed by atoms with E-state index in [0.717, 1.165) is 6.07 Å². The number of aromatic nitrogens is 2. The third kappa shape index (κ3) is 2.68. The zero-order chi connectivity index (χ0) is 16.6. The van der Waals surface area contributed by atoms with E-state index in [1.807, 2.05) is 0 Å². The maximum absolute atomic E-state index is 13.8. The maximum Gasteiger partial charge on any atom is 0.344 e. The molecule has 0 atom stereocenters. The number of fused-ring (bicyclic) bond motifs is 1. The lowest BCUT2D eigenvalue weighted by molar-refractivity contribution is 0.0525. The van der Waals surface area contributed by atoms with Crippen LogP contribution < -0.4 is 5.43 Å². The van der Waals surface area contributed by atoms with Crippen LogP contribution in [-0.4, -0.2) is 22.5 Å². The first-order valence-electron chi connectivity index (χ1n) is 6.88. The molecule has 0 spiro atoms. The second kappa shape index (κ2) is 6.00. The van der Waals surface area contributed by atoms with Gasteiger partial charge in [0.25, 0.3) is 0 Å². The Morgan fingerprint density at radius 2 is 2.17 bits per heavy atom. The first kappa shape index (κ1) is 15.5. The number of hydrogen-bond donors (Lipinski definition) is 2. The molecule has 5 nitrogen and oxygen atoms in total. The fourth-order valence-corrected chi connectivity index (χ4v) is 2.71. The molecule has 0 aliphatic carbocycles. The van der Waals surface area contributed by atoms with E-state index < -0.39 is 17.2 Å². The molecule has 2 N–H and O–H groups in total. The van der Waals surface area contributed by atoms with Gasteiger partial charge in [-0.1, -0.05) is 0 Å². The lowest BCUT2D eigenvalue weighted by Crippen LogP contribution is -2.20. The van der Waals surface area contributed by atoms with Crippen molar-refractivity contribution in [3.05, 3.63) is 56.5 Å². The largest absolute Gasteiger partial charge is 0.462 e. The van der Waals surface area contributed by atoms with Gasteiger partial charge in [-0.05, 0) is 47.1 Å². The summed E-state index contributed by atoms with van der Waals surface area (Å²) in [5, 5.41) is 0.0871. The molecule has 0 saturated carbocycles. The van der Waals surface area contributed by atoms with Crippen molar-refractivity contribution in [3.63, 3.8) is 0 Å². The van der Waals surface area contributed by atoms with Gasteiger partial charge in [-0.25, -0.2) is 9.18 Å². The minimum atomic E-state index is -0.747. The van der Waals surface area contributed by atoms with Crippen molar-refractivity contribution in [2.75, 3.05) is 6.61 Å². The van der Waals surface area contributed by atoms with Crippen LogP contribution in [0.1, 0.15) is 17.3 Å². The van der Waals surface area contributed by atoms with Gasteiger partial charge in [0, 0.05) is 11.6 Å². The Kier molecular flexibility index (Phi) is 4.04. The van der Waals surface area contributed by atoms with Crippen LogP contribution in [0, 0.1) is 5.82 Å². The summed E-state index contributed by atoms with van der Waals surface area (Å²) in [5.74, 6) is -1.32. The topological polar surface area (TPSA) is 75.0 Å². The molecule has 0 fully saturated rings. The van der Waals surface area contributed by atoms with Crippen molar-refractivity contribution in [1.29, 1.82) is 0 Å². The number of hydrogen-bond acceptors (Lipinski definition) is 3. The van der Waals surface area contributed by atoms with Gasteiger partial charge in [0.1, 0.15) is 11.4 Å². The SMILES string of the molecule is CCOC(=O)c1c(-c2ccc[nH]2)[nH]c2cc(Br)c(F)cc2c1=O. The van der Waals surface area contributed by atoms with Gasteiger partial charge in [0.05, 0.1) is 28.0 Å². The van der Waals surface area contributed by atoms with Gasteiger partial charge in [-0.2, -0.15) is 0 Å². The highest BCUT2D eigenvalue weighted by molar-refractivity contribution is 9.10. The standard InChI is InChI=1S/C16H12BrFN2O3/c1-2-23-16(22)13-14(11-4-3-5-19-11)20-12-7-9(17)10(18)6-8(12)15(13)21/h3-7,19H,2H2,1H3,(H,20,21). The second-order valence-electron chi connectivity index (χ2n) is 4.82. The molecule has 0 aliphatic rings. The van der Waals surface area contributed by atoms with Gasteiger partial charge >= 0.3 is 5.97 Å². The second-order valence-corrected chi connectivity index (χ2v) is 5.67. The van der Waals surface area contributed by atoms with E-state index in [9.17, 15) is 14.0 Å². The van der Waals surface area contributed by atoms with Crippen LogP contribution in [0.5, 0.6) is 0 Å². The molecule has 23 heavy (non-hydrogen) atoms. The van der Waals surface area contributed by atoms with Gasteiger partial charge in [-0.15, -0.1) is 0 Å². The fourth-order valence-electron chi connectivity index (χ4n) is 2.37. The molecule has 0 amide bonds. The molecule has 0 bridgehead atoms. The Bertz CT molecular complexity index is 948. The van der Waals surface area contributed by atoms with Crippen LogP contribution in [0.15, 0.2) is 39.7 Å². The summed E-state index contributed by atoms with van der Waals surface area (Å²) in [6, 6.07) is 6.03. The van der Waals surface area contributed by atoms with E-state index in [0.29, 0.717) is 16.9 Å².